The largest absolute Gasteiger partial charge is 0.395 e. The third kappa shape index (κ3) is 3.26. The summed E-state index contributed by atoms with van der Waals surface area (Å²) in [5.41, 5.74) is 5.21. The molecule has 0 unspecified atom stereocenters. The van der Waals surface area contributed by atoms with Gasteiger partial charge in [-0.15, -0.1) is 0 Å². The first-order chi connectivity index (χ1) is 9.74. The number of rotatable bonds is 3. The van der Waals surface area contributed by atoms with Crippen molar-refractivity contribution in [1.29, 1.82) is 0 Å². The van der Waals surface area contributed by atoms with Crippen LogP contribution in [0.3, 0.4) is 0 Å². The first-order valence-corrected chi connectivity index (χ1v) is 8.47. The average molecular weight is 414 g/mol. The number of benzene rings is 2. The molecule has 0 fully saturated rings. The Labute approximate surface area is 139 Å². The van der Waals surface area contributed by atoms with Crippen molar-refractivity contribution in [2.75, 3.05) is 10.5 Å². The van der Waals surface area contributed by atoms with Crippen LogP contribution in [0.2, 0.25) is 10.0 Å². The summed E-state index contributed by atoms with van der Waals surface area (Å²) in [6.45, 7) is 0. The summed E-state index contributed by atoms with van der Waals surface area (Å²) in [7, 11) is -4.22. The number of para-hydroxylation sites is 1. The van der Waals surface area contributed by atoms with E-state index in [0.717, 1.165) is 6.07 Å². The first-order valence-electron chi connectivity index (χ1n) is 5.44. The molecule has 2 aromatic carbocycles. The minimum absolute atomic E-state index is 0.0200. The Hall–Kier alpha value is -1.02. The molecule has 3 N–H and O–H groups in total. The summed E-state index contributed by atoms with van der Waals surface area (Å²) in [5.74, 6) is -1.09. The van der Waals surface area contributed by atoms with Crippen LogP contribution in [-0.4, -0.2) is 8.42 Å². The molecule has 2 rings (SSSR count). The molecule has 21 heavy (non-hydrogen) atoms. The van der Waals surface area contributed by atoms with Crippen LogP contribution in [0.1, 0.15) is 0 Å². The number of anilines is 2. The number of hydrogen-bond acceptors (Lipinski definition) is 3. The van der Waals surface area contributed by atoms with Gasteiger partial charge in [-0.05, 0) is 34.1 Å². The van der Waals surface area contributed by atoms with Gasteiger partial charge in [0.2, 0.25) is 0 Å². The van der Waals surface area contributed by atoms with Crippen molar-refractivity contribution in [3.63, 3.8) is 0 Å². The van der Waals surface area contributed by atoms with Gasteiger partial charge in [0.25, 0.3) is 10.0 Å². The van der Waals surface area contributed by atoms with E-state index < -0.39 is 20.7 Å². The molecule has 0 bridgehead atoms. The molecule has 4 nitrogen and oxygen atoms in total. The molecule has 9 heteroatoms. The Kier molecular flexibility index (Phi) is 4.67. The van der Waals surface area contributed by atoms with E-state index in [1.807, 2.05) is 0 Å². The van der Waals surface area contributed by atoms with E-state index in [9.17, 15) is 12.8 Å². The number of halogens is 4. The Balaban J connectivity index is 2.53. The molecule has 0 amide bonds. The summed E-state index contributed by atoms with van der Waals surface area (Å²) >= 11 is 14.7. The van der Waals surface area contributed by atoms with Crippen LogP contribution in [0, 0.1) is 5.82 Å². The maximum Gasteiger partial charge on any atom is 0.264 e. The van der Waals surface area contributed by atoms with Crippen LogP contribution in [0.25, 0.3) is 0 Å². The van der Waals surface area contributed by atoms with Crippen LogP contribution in [0.15, 0.2) is 39.7 Å². The zero-order valence-corrected chi connectivity index (χ0v) is 14.1. The molecule has 0 saturated heterocycles. The summed E-state index contributed by atoms with van der Waals surface area (Å²) in [6.07, 6.45) is 0. The maximum absolute atomic E-state index is 14.1. The number of sulfonamides is 1. The standard InChI is InChI=1S/C12H8BrCl2FN2O2S/c13-10-7(15)5-9(11(16)12(10)17)21(19,20)18-8-4-2-1-3-6(8)14/h1-5,18H,17H2. The van der Waals surface area contributed by atoms with E-state index >= 15 is 0 Å². The Morgan fingerprint density at radius 1 is 1.19 bits per heavy atom. The summed E-state index contributed by atoms with van der Waals surface area (Å²) < 4.78 is 40.9. The SMILES string of the molecule is Nc1c(F)c(S(=O)(=O)Nc2ccccc2Cl)cc(Cl)c1Br. The van der Waals surface area contributed by atoms with Crippen LogP contribution < -0.4 is 10.5 Å². The highest BCUT2D eigenvalue weighted by Gasteiger charge is 2.24. The highest BCUT2D eigenvalue weighted by Crippen LogP contribution is 2.35. The van der Waals surface area contributed by atoms with Crippen molar-refractivity contribution in [3.8, 4) is 0 Å². The van der Waals surface area contributed by atoms with Gasteiger partial charge >= 0.3 is 0 Å². The van der Waals surface area contributed by atoms with E-state index in [0.29, 0.717) is 0 Å². The predicted octanol–water partition coefficient (Wildman–Crippen LogP) is 4.28. The number of nitrogen functional groups attached to an aromatic ring is 1. The van der Waals surface area contributed by atoms with E-state index in [1.165, 1.54) is 12.1 Å². The molecule has 0 heterocycles. The number of hydrogen-bond donors (Lipinski definition) is 2. The highest BCUT2D eigenvalue weighted by molar-refractivity contribution is 9.10. The fourth-order valence-corrected chi connectivity index (χ4v) is 3.54. The second kappa shape index (κ2) is 6.00. The summed E-state index contributed by atoms with van der Waals surface area (Å²) in [6, 6.07) is 7.13. The molecule has 2 aromatic rings. The molecule has 0 aromatic heterocycles. The fourth-order valence-electron chi connectivity index (χ4n) is 1.54. The third-order valence-electron chi connectivity index (χ3n) is 2.56. The van der Waals surface area contributed by atoms with Crippen molar-refractivity contribution in [2.24, 2.45) is 0 Å². The van der Waals surface area contributed by atoms with Gasteiger partial charge < -0.3 is 5.73 Å². The second-order valence-electron chi connectivity index (χ2n) is 3.98. The number of nitrogens with one attached hydrogen (secondary N) is 1. The second-order valence-corrected chi connectivity index (χ2v) is 7.24. The lowest BCUT2D eigenvalue weighted by atomic mass is 10.3. The van der Waals surface area contributed by atoms with E-state index in [4.69, 9.17) is 28.9 Å². The van der Waals surface area contributed by atoms with Gasteiger partial charge in [-0.1, -0.05) is 35.3 Å². The van der Waals surface area contributed by atoms with Crippen LogP contribution in [-0.2, 0) is 10.0 Å². The molecular weight excluding hydrogens is 406 g/mol. The van der Waals surface area contributed by atoms with Gasteiger partial charge in [0.05, 0.1) is 25.9 Å². The van der Waals surface area contributed by atoms with Gasteiger partial charge in [0.1, 0.15) is 4.90 Å². The lowest BCUT2D eigenvalue weighted by Gasteiger charge is -2.12. The van der Waals surface area contributed by atoms with Crippen molar-refractivity contribution in [2.45, 2.75) is 4.90 Å². The molecule has 0 aliphatic rings. The van der Waals surface area contributed by atoms with Crippen LogP contribution in [0.5, 0.6) is 0 Å². The highest BCUT2D eigenvalue weighted by atomic mass is 79.9. The zero-order valence-electron chi connectivity index (χ0n) is 10.2. The molecule has 0 aliphatic heterocycles. The molecule has 0 saturated carbocycles. The van der Waals surface area contributed by atoms with E-state index in [-0.39, 0.29) is 25.9 Å². The topological polar surface area (TPSA) is 72.2 Å². The molecule has 112 valence electrons. The average Bonchev–Trinajstić information content (AvgIpc) is 2.42. The zero-order chi connectivity index (χ0) is 15.8. The normalized spacial score (nSPS) is 11.4. The predicted molar refractivity (Wildman–Crippen MR) is 85.8 cm³/mol. The van der Waals surface area contributed by atoms with Gasteiger partial charge in [0, 0.05) is 0 Å². The van der Waals surface area contributed by atoms with Gasteiger partial charge in [-0.2, -0.15) is 0 Å². The molecule has 0 radical (unpaired) electrons. The quantitative estimate of drug-likeness (QED) is 0.582. The monoisotopic (exact) mass is 412 g/mol. The lowest BCUT2D eigenvalue weighted by molar-refractivity contribution is 0.572. The van der Waals surface area contributed by atoms with Gasteiger partial charge in [0.15, 0.2) is 5.82 Å². The van der Waals surface area contributed by atoms with Crippen molar-refractivity contribution in [1.82, 2.24) is 0 Å². The lowest BCUT2D eigenvalue weighted by Crippen LogP contribution is -2.16. The third-order valence-corrected chi connectivity index (χ3v) is 5.64. The summed E-state index contributed by atoms with van der Waals surface area (Å²) in [5, 5.41) is 0.158. The van der Waals surface area contributed by atoms with Crippen molar-refractivity contribution >= 4 is 60.5 Å². The Bertz CT molecular complexity index is 815. The van der Waals surface area contributed by atoms with Gasteiger partial charge in [-0.3, -0.25) is 4.72 Å². The van der Waals surface area contributed by atoms with Crippen molar-refractivity contribution < 1.29 is 12.8 Å². The minimum Gasteiger partial charge on any atom is -0.395 e. The molecule has 0 aliphatic carbocycles. The number of nitrogens with two attached hydrogens (primary N) is 1. The molecule has 0 spiro atoms. The Morgan fingerprint density at radius 2 is 1.81 bits per heavy atom. The smallest absolute Gasteiger partial charge is 0.264 e. The van der Waals surface area contributed by atoms with Crippen LogP contribution in [0.4, 0.5) is 15.8 Å². The van der Waals surface area contributed by atoms with Crippen LogP contribution >= 0.6 is 39.1 Å². The fraction of sp³-hybridized carbons (Fsp3) is 0. The Morgan fingerprint density at radius 3 is 2.43 bits per heavy atom. The van der Waals surface area contributed by atoms with Crippen molar-refractivity contribution in [3.05, 3.63) is 50.7 Å². The minimum atomic E-state index is -4.22. The summed E-state index contributed by atoms with van der Waals surface area (Å²) in [4.78, 5) is -0.659. The van der Waals surface area contributed by atoms with Gasteiger partial charge in [-0.25, -0.2) is 12.8 Å². The van der Waals surface area contributed by atoms with E-state index in [2.05, 4.69) is 20.7 Å². The molecule has 0 atom stereocenters. The first kappa shape index (κ1) is 16.4. The molecular formula is C12H8BrCl2FN2O2S. The van der Waals surface area contributed by atoms with E-state index in [1.54, 1.807) is 12.1 Å². The maximum atomic E-state index is 14.1.